The second-order valence-electron chi connectivity index (χ2n) is 6.66. The molecular formula is C23H22ClNO4S. The molecule has 1 aromatic heterocycles. The van der Waals surface area contributed by atoms with Gasteiger partial charge in [0.2, 0.25) is 0 Å². The summed E-state index contributed by atoms with van der Waals surface area (Å²) in [6, 6.07) is 12.7. The summed E-state index contributed by atoms with van der Waals surface area (Å²) in [5, 5.41) is 5.65. The average molecular weight is 444 g/mol. The van der Waals surface area contributed by atoms with Crippen LogP contribution >= 0.6 is 22.9 Å². The van der Waals surface area contributed by atoms with E-state index < -0.39 is 5.97 Å². The average Bonchev–Trinajstić information content (AvgIpc) is 3.13. The number of aryl methyl sites for hydroxylation is 2. The van der Waals surface area contributed by atoms with Crippen molar-refractivity contribution in [3.05, 3.63) is 69.6 Å². The summed E-state index contributed by atoms with van der Waals surface area (Å²) < 4.78 is 10.7. The molecule has 0 fully saturated rings. The van der Waals surface area contributed by atoms with Crippen molar-refractivity contribution in [1.82, 2.24) is 0 Å². The van der Waals surface area contributed by atoms with Crippen molar-refractivity contribution < 1.29 is 19.1 Å². The van der Waals surface area contributed by atoms with E-state index in [4.69, 9.17) is 21.1 Å². The summed E-state index contributed by atoms with van der Waals surface area (Å²) in [4.78, 5) is 25.1. The minimum Gasteiger partial charge on any atom is -0.484 e. The normalized spacial score (nSPS) is 10.5. The van der Waals surface area contributed by atoms with Crippen molar-refractivity contribution in [3.8, 4) is 16.9 Å². The Morgan fingerprint density at radius 3 is 2.47 bits per heavy atom. The van der Waals surface area contributed by atoms with E-state index in [1.54, 1.807) is 31.2 Å². The number of ether oxygens (including phenoxy) is 2. The van der Waals surface area contributed by atoms with E-state index in [0.717, 1.165) is 16.7 Å². The molecule has 1 heterocycles. The predicted molar refractivity (Wildman–Crippen MR) is 121 cm³/mol. The van der Waals surface area contributed by atoms with Gasteiger partial charge in [-0.15, -0.1) is 11.3 Å². The third-order valence-electron chi connectivity index (χ3n) is 4.53. The topological polar surface area (TPSA) is 64.6 Å². The Balaban J connectivity index is 1.82. The highest BCUT2D eigenvalue weighted by Gasteiger charge is 2.23. The first-order chi connectivity index (χ1) is 14.4. The lowest BCUT2D eigenvalue weighted by Crippen LogP contribution is -2.21. The number of carbonyl (C=O) groups is 2. The van der Waals surface area contributed by atoms with Gasteiger partial charge in [0.15, 0.2) is 6.61 Å². The van der Waals surface area contributed by atoms with Gasteiger partial charge in [0, 0.05) is 16.0 Å². The predicted octanol–water partition coefficient (Wildman–Crippen LogP) is 5.88. The number of carbonyl (C=O) groups excluding carboxylic acids is 2. The van der Waals surface area contributed by atoms with Crippen molar-refractivity contribution in [2.24, 2.45) is 0 Å². The van der Waals surface area contributed by atoms with Crippen LogP contribution in [0.1, 0.15) is 28.4 Å². The molecule has 0 aliphatic carbocycles. The molecule has 0 spiro atoms. The van der Waals surface area contributed by atoms with Gasteiger partial charge in [0.25, 0.3) is 5.91 Å². The molecule has 7 heteroatoms. The number of anilines is 1. The Labute approximate surface area is 184 Å². The zero-order valence-corrected chi connectivity index (χ0v) is 18.5. The molecule has 0 radical (unpaired) electrons. The minimum atomic E-state index is -0.471. The molecule has 3 aromatic rings. The van der Waals surface area contributed by atoms with Gasteiger partial charge in [0.05, 0.1) is 6.61 Å². The van der Waals surface area contributed by atoms with Gasteiger partial charge in [-0.3, -0.25) is 4.79 Å². The molecule has 2 aromatic carbocycles. The van der Waals surface area contributed by atoms with E-state index >= 15 is 0 Å². The van der Waals surface area contributed by atoms with Gasteiger partial charge >= 0.3 is 5.97 Å². The van der Waals surface area contributed by atoms with Gasteiger partial charge in [-0.1, -0.05) is 29.8 Å². The fourth-order valence-corrected chi connectivity index (χ4v) is 3.92. The molecule has 30 heavy (non-hydrogen) atoms. The molecule has 1 amide bonds. The van der Waals surface area contributed by atoms with Crippen LogP contribution in [0.2, 0.25) is 5.02 Å². The molecule has 0 aliphatic rings. The fraction of sp³-hybridized carbons (Fsp3) is 0.217. The molecule has 0 unspecified atom stereocenters. The smallest absolute Gasteiger partial charge is 0.341 e. The van der Waals surface area contributed by atoms with Crippen LogP contribution in [0.5, 0.6) is 5.75 Å². The largest absolute Gasteiger partial charge is 0.484 e. The first-order valence-electron chi connectivity index (χ1n) is 9.43. The van der Waals surface area contributed by atoms with Crippen molar-refractivity contribution in [1.29, 1.82) is 0 Å². The second-order valence-corrected chi connectivity index (χ2v) is 7.98. The van der Waals surface area contributed by atoms with Crippen LogP contribution in [-0.4, -0.2) is 25.1 Å². The molecule has 5 nitrogen and oxygen atoms in total. The number of esters is 1. The fourth-order valence-electron chi connectivity index (χ4n) is 2.82. The zero-order chi connectivity index (χ0) is 21.7. The highest BCUT2D eigenvalue weighted by atomic mass is 35.5. The van der Waals surface area contributed by atoms with Crippen LogP contribution in [0.3, 0.4) is 0 Å². The molecule has 0 bridgehead atoms. The van der Waals surface area contributed by atoms with E-state index in [1.807, 2.05) is 37.4 Å². The Hall–Kier alpha value is -2.83. The van der Waals surface area contributed by atoms with E-state index in [-0.39, 0.29) is 19.1 Å². The Kier molecular flexibility index (Phi) is 7.13. The highest BCUT2D eigenvalue weighted by molar-refractivity contribution is 7.15. The monoisotopic (exact) mass is 443 g/mol. The van der Waals surface area contributed by atoms with Crippen molar-refractivity contribution in [2.75, 3.05) is 18.5 Å². The third-order valence-corrected chi connectivity index (χ3v) is 5.67. The lowest BCUT2D eigenvalue weighted by molar-refractivity contribution is -0.118. The lowest BCUT2D eigenvalue weighted by Gasteiger charge is -2.10. The van der Waals surface area contributed by atoms with Crippen LogP contribution in [-0.2, 0) is 9.53 Å². The number of thiophene rings is 1. The number of halogens is 1. The third kappa shape index (κ3) is 5.20. The maximum Gasteiger partial charge on any atom is 0.341 e. The molecule has 3 rings (SSSR count). The lowest BCUT2D eigenvalue weighted by atomic mass is 9.99. The van der Waals surface area contributed by atoms with Gasteiger partial charge in [-0.05, 0) is 61.7 Å². The summed E-state index contributed by atoms with van der Waals surface area (Å²) in [7, 11) is 0. The Morgan fingerprint density at radius 1 is 1.07 bits per heavy atom. The number of hydrogen-bond donors (Lipinski definition) is 1. The molecule has 0 saturated heterocycles. The van der Waals surface area contributed by atoms with Crippen molar-refractivity contribution in [3.63, 3.8) is 0 Å². The molecule has 0 saturated carbocycles. The Bertz CT molecular complexity index is 1060. The summed E-state index contributed by atoms with van der Waals surface area (Å²) in [6.07, 6.45) is 0. The first-order valence-corrected chi connectivity index (χ1v) is 10.7. The van der Waals surface area contributed by atoms with Gasteiger partial charge in [0.1, 0.15) is 16.3 Å². The number of benzene rings is 2. The Morgan fingerprint density at radius 2 is 1.80 bits per heavy atom. The van der Waals surface area contributed by atoms with Gasteiger partial charge in [-0.25, -0.2) is 4.79 Å². The van der Waals surface area contributed by atoms with Crippen LogP contribution < -0.4 is 10.1 Å². The number of hydrogen-bond acceptors (Lipinski definition) is 5. The van der Waals surface area contributed by atoms with E-state index in [9.17, 15) is 9.59 Å². The quantitative estimate of drug-likeness (QED) is 0.463. The van der Waals surface area contributed by atoms with Crippen molar-refractivity contribution in [2.45, 2.75) is 20.8 Å². The SMILES string of the molecule is CCOC(=O)c1c(-c2ccc(C)c(C)c2)csc1NC(=O)COc1ccc(Cl)cc1. The van der Waals surface area contributed by atoms with Crippen LogP contribution in [0, 0.1) is 13.8 Å². The zero-order valence-electron chi connectivity index (χ0n) is 17.0. The van der Waals surface area contributed by atoms with Crippen LogP contribution in [0.15, 0.2) is 47.8 Å². The summed E-state index contributed by atoms with van der Waals surface area (Å²) in [6.45, 7) is 5.85. The number of rotatable bonds is 7. The van der Waals surface area contributed by atoms with E-state index in [0.29, 0.717) is 21.3 Å². The summed E-state index contributed by atoms with van der Waals surface area (Å²) in [5.41, 5.74) is 4.27. The van der Waals surface area contributed by atoms with Crippen LogP contribution in [0.25, 0.3) is 11.1 Å². The number of amides is 1. The standard InChI is InChI=1S/C23H22ClNO4S/c1-4-28-23(27)21-19(16-6-5-14(2)15(3)11-16)13-30-22(21)25-20(26)12-29-18-9-7-17(24)8-10-18/h5-11,13H,4,12H2,1-3H3,(H,25,26). The molecule has 0 atom stereocenters. The summed E-state index contributed by atoms with van der Waals surface area (Å²) in [5.74, 6) is -0.313. The first kappa shape index (κ1) is 21.9. The summed E-state index contributed by atoms with van der Waals surface area (Å²) >= 11 is 7.13. The maximum atomic E-state index is 12.7. The molecule has 156 valence electrons. The molecule has 0 aliphatic heterocycles. The van der Waals surface area contributed by atoms with Crippen molar-refractivity contribution >= 4 is 39.8 Å². The van der Waals surface area contributed by atoms with E-state index in [1.165, 1.54) is 16.9 Å². The van der Waals surface area contributed by atoms with E-state index in [2.05, 4.69) is 5.32 Å². The molecule has 1 N–H and O–H groups in total. The van der Waals surface area contributed by atoms with Gasteiger partial charge in [-0.2, -0.15) is 0 Å². The molecular weight excluding hydrogens is 422 g/mol. The number of nitrogens with one attached hydrogen (secondary N) is 1. The second kappa shape index (κ2) is 9.78. The van der Waals surface area contributed by atoms with Crippen LogP contribution in [0.4, 0.5) is 5.00 Å². The maximum absolute atomic E-state index is 12.7. The minimum absolute atomic E-state index is 0.194. The highest BCUT2D eigenvalue weighted by Crippen LogP contribution is 2.37. The van der Waals surface area contributed by atoms with Gasteiger partial charge < -0.3 is 14.8 Å².